The number of nitrogens with zero attached hydrogens (tertiary/aromatic N) is 1. The Morgan fingerprint density at radius 3 is 2.65 bits per heavy atom. The molecule has 2 aromatic rings. The van der Waals surface area contributed by atoms with E-state index in [0.717, 1.165) is 22.2 Å². The summed E-state index contributed by atoms with van der Waals surface area (Å²) in [5.41, 5.74) is 1.58. The van der Waals surface area contributed by atoms with Crippen LogP contribution in [0.2, 0.25) is 0 Å². The molecule has 0 saturated carbocycles. The van der Waals surface area contributed by atoms with E-state index in [-0.39, 0.29) is 34.8 Å². The van der Waals surface area contributed by atoms with Crippen LogP contribution in [0.5, 0.6) is 17.2 Å². The number of aromatic hydroxyl groups is 2. The summed E-state index contributed by atoms with van der Waals surface area (Å²) in [5, 5.41) is 18.5. The summed E-state index contributed by atoms with van der Waals surface area (Å²) >= 11 is 0.834. The Bertz CT molecular complexity index is 893. The number of phenols is 2. The fourth-order valence-corrected chi connectivity index (χ4v) is 3.30. The molecule has 1 saturated heterocycles. The third-order valence-electron chi connectivity index (χ3n) is 3.74. The van der Waals surface area contributed by atoms with Gasteiger partial charge >= 0.3 is 0 Å². The van der Waals surface area contributed by atoms with Gasteiger partial charge in [0.25, 0.3) is 11.1 Å². The molecule has 26 heavy (non-hydrogen) atoms. The summed E-state index contributed by atoms with van der Waals surface area (Å²) in [6.07, 6.45) is 1.51. The number of amides is 2. The quantitative estimate of drug-likeness (QED) is 0.618. The van der Waals surface area contributed by atoms with Crippen molar-refractivity contribution in [2.24, 2.45) is 0 Å². The molecule has 1 aliphatic heterocycles. The zero-order chi connectivity index (χ0) is 18.7. The van der Waals surface area contributed by atoms with Crippen molar-refractivity contribution < 1.29 is 24.5 Å². The molecular formula is C19H17NO5S. The number of hydrogen-bond acceptors (Lipinski definition) is 6. The third-order valence-corrected chi connectivity index (χ3v) is 4.65. The summed E-state index contributed by atoms with van der Waals surface area (Å²) in [6.45, 7) is 2.31. The van der Waals surface area contributed by atoms with Crippen LogP contribution in [0.4, 0.5) is 4.79 Å². The van der Waals surface area contributed by atoms with Crippen molar-refractivity contribution in [1.29, 1.82) is 0 Å². The van der Waals surface area contributed by atoms with Crippen LogP contribution in [0.1, 0.15) is 11.1 Å². The zero-order valence-corrected chi connectivity index (χ0v) is 14.8. The molecule has 2 aromatic carbocycles. The van der Waals surface area contributed by atoms with E-state index in [1.807, 2.05) is 31.2 Å². The van der Waals surface area contributed by atoms with Crippen molar-refractivity contribution in [2.75, 3.05) is 13.2 Å². The van der Waals surface area contributed by atoms with E-state index < -0.39 is 5.91 Å². The van der Waals surface area contributed by atoms with Gasteiger partial charge in [0.05, 0.1) is 11.4 Å². The maximum atomic E-state index is 12.4. The van der Waals surface area contributed by atoms with E-state index in [2.05, 4.69) is 0 Å². The Hall–Kier alpha value is -2.93. The maximum absolute atomic E-state index is 12.4. The topological polar surface area (TPSA) is 87.1 Å². The fraction of sp³-hybridized carbons (Fsp3) is 0.158. The molecule has 2 amide bonds. The second kappa shape index (κ2) is 7.53. The Kier molecular flexibility index (Phi) is 5.18. The van der Waals surface area contributed by atoms with E-state index in [1.165, 1.54) is 18.2 Å². The van der Waals surface area contributed by atoms with Gasteiger partial charge in [0.15, 0.2) is 11.5 Å². The maximum Gasteiger partial charge on any atom is 0.293 e. The molecule has 0 atom stereocenters. The van der Waals surface area contributed by atoms with Gasteiger partial charge in [-0.05, 0) is 60.2 Å². The molecule has 1 fully saturated rings. The Morgan fingerprint density at radius 1 is 1.12 bits per heavy atom. The summed E-state index contributed by atoms with van der Waals surface area (Å²) in [5.74, 6) is -0.249. The highest BCUT2D eigenvalue weighted by molar-refractivity contribution is 8.18. The van der Waals surface area contributed by atoms with Crippen LogP contribution in [0.3, 0.4) is 0 Å². The molecule has 0 bridgehead atoms. The van der Waals surface area contributed by atoms with Gasteiger partial charge in [0.1, 0.15) is 12.4 Å². The molecule has 2 N–H and O–H groups in total. The highest BCUT2D eigenvalue weighted by atomic mass is 32.2. The van der Waals surface area contributed by atoms with Crippen LogP contribution < -0.4 is 4.74 Å². The van der Waals surface area contributed by atoms with Crippen molar-refractivity contribution in [2.45, 2.75) is 6.92 Å². The van der Waals surface area contributed by atoms with Gasteiger partial charge < -0.3 is 14.9 Å². The van der Waals surface area contributed by atoms with E-state index in [0.29, 0.717) is 11.3 Å². The monoisotopic (exact) mass is 371 g/mol. The number of carbonyl (C=O) groups is 2. The first kappa shape index (κ1) is 17.9. The van der Waals surface area contributed by atoms with Crippen molar-refractivity contribution in [3.05, 3.63) is 58.5 Å². The highest BCUT2D eigenvalue weighted by Gasteiger charge is 2.34. The van der Waals surface area contributed by atoms with E-state index in [4.69, 9.17) is 4.74 Å². The number of phenolic OH excluding ortho intramolecular Hbond substituents is 2. The van der Waals surface area contributed by atoms with Crippen LogP contribution >= 0.6 is 11.8 Å². The van der Waals surface area contributed by atoms with Gasteiger partial charge in [0, 0.05) is 0 Å². The molecule has 1 heterocycles. The second-order valence-corrected chi connectivity index (χ2v) is 6.74. The van der Waals surface area contributed by atoms with E-state index in [9.17, 15) is 19.8 Å². The highest BCUT2D eigenvalue weighted by Crippen LogP contribution is 2.33. The number of carbonyl (C=O) groups excluding carboxylic acids is 2. The predicted octanol–water partition coefficient (Wildman–Crippen LogP) is 3.52. The number of hydrogen-bond donors (Lipinski definition) is 2. The largest absolute Gasteiger partial charge is 0.504 e. The van der Waals surface area contributed by atoms with E-state index >= 15 is 0 Å². The first-order chi connectivity index (χ1) is 12.4. The first-order valence-electron chi connectivity index (χ1n) is 7.91. The summed E-state index contributed by atoms with van der Waals surface area (Å²) in [7, 11) is 0. The van der Waals surface area contributed by atoms with Crippen LogP contribution in [0, 0.1) is 6.92 Å². The number of rotatable bonds is 5. The lowest BCUT2D eigenvalue weighted by atomic mass is 10.2. The predicted molar refractivity (Wildman–Crippen MR) is 99.1 cm³/mol. The summed E-state index contributed by atoms with van der Waals surface area (Å²) in [4.78, 5) is 25.9. The zero-order valence-electron chi connectivity index (χ0n) is 14.0. The SMILES string of the molecule is Cc1cccc(OCCN2C(=O)S/C(=C\c3ccc(O)c(O)c3)C2=O)c1. The van der Waals surface area contributed by atoms with Crippen LogP contribution in [0.25, 0.3) is 6.08 Å². The molecular weight excluding hydrogens is 354 g/mol. The standard InChI is InChI=1S/C19H17NO5S/c1-12-3-2-4-14(9-12)25-8-7-20-18(23)17(26-19(20)24)11-13-5-6-15(21)16(22)10-13/h2-6,9-11,21-22H,7-8H2,1H3/b17-11-. The van der Waals surface area contributed by atoms with Crippen molar-refractivity contribution in [1.82, 2.24) is 4.90 Å². The van der Waals surface area contributed by atoms with Gasteiger partial charge in [0.2, 0.25) is 0 Å². The molecule has 6 nitrogen and oxygen atoms in total. The lowest BCUT2D eigenvalue weighted by molar-refractivity contribution is -0.123. The number of imide groups is 1. The minimum atomic E-state index is -0.402. The smallest absolute Gasteiger partial charge is 0.293 e. The molecule has 0 aliphatic carbocycles. The Balaban J connectivity index is 1.64. The third kappa shape index (κ3) is 4.00. The molecule has 0 unspecified atom stereocenters. The number of benzene rings is 2. The summed E-state index contributed by atoms with van der Waals surface area (Å²) < 4.78 is 5.59. The normalized spacial score (nSPS) is 15.7. The average molecular weight is 371 g/mol. The summed E-state index contributed by atoms with van der Waals surface area (Å²) in [6, 6.07) is 11.7. The second-order valence-electron chi connectivity index (χ2n) is 5.75. The number of thioether (sulfide) groups is 1. The van der Waals surface area contributed by atoms with Gasteiger partial charge in [-0.25, -0.2) is 0 Å². The Labute approximate surface area is 154 Å². The lowest BCUT2D eigenvalue weighted by Crippen LogP contribution is -2.32. The number of aryl methyl sites for hydroxylation is 1. The molecule has 3 rings (SSSR count). The number of ether oxygens (including phenoxy) is 1. The van der Waals surface area contributed by atoms with Crippen molar-refractivity contribution >= 4 is 29.0 Å². The molecule has 0 radical (unpaired) electrons. The van der Waals surface area contributed by atoms with Gasteiger partial charge in [-0.3, -0.25) is 14.5 Å². The first-order valence-corrected chi connectivity index (χ1v) is 8.72. The molecule has 0 spiro atoms. The molecule has 134 valence electrons. The Morgan fingerprint density at radius 2 is 1.92 bits per heavy atom. The van der Waals surface area contributed by atoms with Gasteiger partial charge in [-0.2, -0.15) is 0 Å². The minimum absolute atomic E-state index is 0.150. The lowest BCUT2D eigenvalue weighted by Gasteiger charge is -2.13. The fourth-order valence-electron chi connectivity index (χ4n) is 2.43. The van der Waals surface area contributed by atoms with Crippen LogP contribution in [-0.2, 0) is 4.79 Å². The van der Waals surface area contributed by atoms with Gasteiger partial charge in [-0.15, -0.1) is 0 Å². The van der Waals surface area contributed by atoms with Crippen LogP contribution in [-0.4, -0.2) is 39.4 Å². The minimum Gasteiger partial charge on any atom is -0.504 e. The molecule has 1 aliphatic rings. The average Bonchev–Trinajstić information content (AvgIpc) is 2.86. The van der Waals surface area contributed by atoms with Crippen molar-refractivity contribution in [3.8, 4) is 17.2 Å². The molecule has 0 aromatic heterocycles. The van der Waals surface area contributed by atoms with Gasteiger partial charge in [-0.1, -0.05) is 18.2 Å². The molecule has 7 heteroatoms. The van der Waals surface area contributed by atoms with E-state index in [1.54, 1.807) is 6.07 Å². The van der Waals surface area contributed by atoms with Crippen molar-refractivity contribution in [3.63, 3.8) is 0 Å². The van der Waals surface area contributed by atoms with Crippen LogP contribution in [0.15, 0.2) is 47.4 Å².